The minimum Gasteiger partial charge on any atom is -0.338 e. The van der Waals surface area contributed by atoms with E-state index in [1.54, 1.807) is 11.8 Å². The van der Waals surface area contributed by atoms with Crippen LogP contribution in [0, 0.1) is 0 Å². The number of nitrogens with zero attached hydrogens (tertiary/aromatic N) is 1. The normalized spacial score (nSPS) is 18.5. The Bertz CT molecular complexity index is 656. The van der Waals surface area contributed by atoms with Crippen LogP contribution >= 0.6 is 11.8 Å². The molecule has 1 unspecified atom stereocenters. The number of hydrogen-bond acceptors (Lipinski definition) is 2. The Morgan fingerprint density at radius 3 is 2.57 bits per heavy atom. The highest BCUT2D eigenvalue weighted by Gasteiger charge is 2.25. The van der Waals surface area contributed by atoms with Gasteiger partial charge in [0.25, 0.3) is 5.91 Å². The predicted octanol–water partition coefficient (Wildman–Crippen LogP) is 4.82. The molecule has 0 aromatic heterocycles. The van der Waals surface area contributed by atoms with Crippen molar-refractivity contribution in [2.45, 2.75) is 30.1 Å². The number of amides is 1. The lowest BCUT2D eigenvalue weighted by atomic mass is 9.94. The molecule has 0 N–H and O–H groups in total. The molecule has 1 atom stereocenters. The summed E-state index contributed by atoms with van der Waals surface area (Å²) in [7, 11) is 0. The molecule has 1 aliphatic heterocycles. The van der Waals surface area contributed by atoms with Crippen molar-refractivity contribution in [3.63, 3.8) is 0 Å². The number of carbonyl (C=O) groups is 1. The molecule has 3 heteroatoms. The van der Waals surface area contributed by atoms with Crippen LogP contribution in [0.4, 0.5) is 0 Å². The quantitative estimate of drug-likeness (QED) is 0.754. The molecule has 0 bridgehead atoms. The molecule has 2 aromatic rings. The molecule has 2 nitrogen and oxygen atoms in total. The first kappa shape index (κ1) is 16.1. The first-order valence-corrected chi connectivity index (χ1v) is 9.49. The van der Waals surface area contributed by atoms with Crippen molar-refractivity contribution in [2.24, 2.45) is 0 Å². The van der Waals surface area contributed by atoms with Crippen molar-refractivity contribution in [1.82, 2.24) is 4.90 Å². The summed E-state index contributed by atoms with van der Waals surface area (Å²) in [5, 5.41) is 0. The Hall–Kier alpha value is -1.74. The number of hydrogen-bond donors (Lipinski definition) is 0. The third-order valence-electron chi connectivity index (χ3n) is 4.57. The van der Waals surface area contributed by atoms with E-state index in [1.807, 2.05) is 30.5 Å². The zero-order valence-corrected chi connectivity index (χ0v) is 14.4. The van der Waals surface area contributed by atoms with Crippen LogP contribution in [0.1, 0.15) is 41.1 Å². The van der Waals surface area contributed by atoms with Gasteiger partial charge in [0.15, 0.2) is 0 Å². The smallest absolute Gasteiger partial charge is 0.255 e. The summed E-state index contributed by atoms with van der Waals surface area (Å²) in [6.07, 6.45) is 5.48. The van der Waals surface area contributed by atoms with E-state index in [2.05, 4.69) is 35.2 Å². The maximum atomic E-state index is 13.0. The molecule has 0 spiro atoms. The van der Waals surface area contributed by atoms with Gasteiger partial charge in [-0.05, 0) is 36.8 Å². The van der Waals surface area contributed by atoms with Crippen LogP contribution in [-0.4, -0.2) is 30.2 Å². The second-order valence-corrected chi connectivity index (χ2v) is 6.90. The number of carbonyl (C=O) groups excluding carboxylic acids is 1. The van der Waals surface area contributed by atoms with E-state index < -0.39 is 0 Å². The minimum absolute atomic E-state index is 0.179. The average Bonchev–Trinajstić information content (AvgIpc) is 2.88. The van der Waals surface area contributed by atoms with E-state index >= 15 is 0 Å². The predicted molar refractivity (Wildman–Crippen MR) is 97.2 cm³/mol. The van der Waals surface area contributed by atoms with Crippen LogP contribution in [0.5, 0.6) is 0 Å². The molecule has 1 fully saturated rings. The summed E-state index contributed by atoms with van der Waals surface area (Å²) in [6.45, 7) is 1.69. The summed E-state index contributed by atoms with van der Waals surface area (Å²) >= 11 is 1.64. The van der Waals surface area contributed by atoms with Gasteiger partial charge in [-0.3, -0.25) is 4.79 Å². The fourth-order valence-electron chi connectivity index (χ4n) is 3.32. The molecular weight excluding hydrogens is 302 g/mol. The highest BCUT2D eigenvalue weighted by Crippen LogP contribution is 2.28. The largest absolute Gasteiger partial charge is 0.338 e. The standard InChI is InChI=1S/C20H23NOS/c1-23-19-13-6-5-12-18(19)20(22)21-14-8-7-11-17(15-21)16-9-3-2-4-10-16/h2-6,9-10,12-13,17H,7-8,11,14-15H2,1H3. The molecule has 1 aliphatic rings. The van der Waals surface area contributed by atoms with E-state index in [-0.39, 0.29) is 5.91 Å². The first-order valence-electron chi connectivity index (χ1n) is 8.27. The van der Waals surface area contributed by atoms with Gasteiger partial charge >= 0.3 is 0 Å². The molecule has 1 amide bonds. The summed E-state index contributed by atoms with van der Waals surface area (Å²) in [4.78, 5) is 16.1. The summed E-state index contributed by atoms with van der Waals surface area (Å²) in [5.41, 5.74) is 2.19. The fourth-order valence-corrected chi connectivity index (χ4v) is 3.91. The molecule has 2 aromatic carbocycles. The molecule has 120 valence electrons. The molecule has 1 heterocycles. The summed E-state index contributed by atoms with van der Waals surface area (Å²) in [5.74, 6) is 0.627. The second-order valence-electron chi connectivity index (χ2n) is 6.05. The Labute approximate surface area is 142 Å². The Kier molecular flexibility index (Phi) is 5.39. The van der Waals surface area contributed by atoms with Gasteiger partial charge in [0.2, 0.25) is 0 Å². The van der Waals surface area contributed by atoms with E-state index in [0.717, 1.165) is 36.4 Å². The summed E-state index contributed by atoms with van der Waals surface area (Å²) in [6, 6.07) is 18.6. The maximum Gasteiger partial charge on any atom is 0.255 e. The van der Waals surface area contributed by atoms with Gasteiger partial charge in [-0.2, -0.15) is 0 Å². The fraction of sp³-hybridized carbons (Fsp3) is 0.350. The maximum absolute atomic E-state index is 13.0. The van der Waals surface area contributed by atoms with Crippen LogP contribution in [0.2, 0.25) is 0 Å². The lowest BCUT2D eigenvalue weighted by molar-refractivity contribution is 0.0751. The summed E-state index contributed by atoms with van der Waals surface area (Å²) < 4.78 is 0. The number of benzene rings is 2. The van der Waals surface area contributed by atoms with Crippen molar-refractivity contribution in [3.05, 3.63) is 65.7 Å². The highest BCUT2D eigenvalue weighted by atomic mass is 32.2. The van der Waals surface area contributed by atoms with Crippen molar-refractivity contribution in [2.75, 3.05) is 19.3 Å². The highest BCUT2D eigenvalue weighted by molar-refractivity contribution is 7.98. The van der Waals surface area contributed by atoms with Crippen molar-refractivity contribution < 1.29 is 4.79 Å². The Balaban J connectivity index is 1.82. The minimum atomic E-state index is 0.179. The van der Waals surface area contributed by atoms with Gasteiger partial charge in [0, 0.05) is 23.9 Å². The molecule has 1 saturated heterocycles. The number of thioether (sulfide) groups is 1. The van der Waals surface area contributed by atoms with Crippen molar-refractivity contribution in [1.29, 1.82) is 0 Å². The van der Waals surface area contributed by atoms with Crippen LogP contribution in [0.3, 0.4) is 0 Å². The second kappa shape index (κ2) is 7.69. The topological polar surface area (TPSA) is 20.3 Å². The van der Waals surface area contributed by atoms with Gasteiger partial charge in [-0.1, -0.05) is 48.9 Å². The molecule has 0 aliphatic carbocycles. The van der Waals surface area contributed by atoms with E-state index in [9.17, 15) is 4.79 Å². The van der Waals surface area contributed by atoms with Gasteiger partial charge < -0.3 is 4.90 Å². The van der Waals surface area contributed by atoms with Crippen molar-refractivity contribution >= 4 is 17.7 Å². The zero-order chi connectivity index (χ0) is 16.1. The molecule has 0 saturated carbocycles. The monoisotopic (exact) mass is 325 g/mol. The third-order valence-corrected chi connectivity index (χ3v) is 5.36. The average molecular weight is 325 g/mol. The number of rotatable bonds is 3. The van der Waals surface area contributed by atoms with Gasteiger partial charge in [0.1, 0.15) is 0 Å². The van der Waals surface area contributed by atoms with Crippen LogP contribution < -0.4 is 0 Å². The van der Waals surface area contributed by atoms with Crippen LogP contribution in [-0.2, 0) is 0 Å². The van der Waals surface area contributed by atoms with Crippen LogP contribution in [0.25, 0.3) is 0 Å². The first-order chi connectivity index (χ1) is 11.3. The van der Waals surface area contributed by atoms with E-state index in [1.165, 1.54) is 12.0 Å². The Morgan fingerprint density at radius 1 is 1.04 bits per heavy atom. The lowest BCUT2D eigenvalue weighted by Gasteiger charge is -2.25. The molecule has 23 heavy (non-hydrogen) atoms. The Morgan fingerprint density at radius 2 is 1.78 bits per heavy atom. The molecule has 0 radical (unpaired) electrons. The third kappa shape index (κ3) is 3.78. The lowest BCUT2D eigenvalue weighted by Crippen LogP contribution is -2.34. The van der Waals surface area contributed by atoms with Crippen LogP contribution in [0.15, 0.2) is 59.5 Å². The molecular formula is C20H23NOS. The van der Waals surface area contributed by atoms with Crippen molar-refractivity contribution in [3.8, 4) is 0 Å². The number of likely N-dealkylation sites (tertiary alicyclic amines) is 1. The van der Waals surface area contributed by atoms with Gasteiger partial charge in [-0.15, -0.1) is 11.8 Å². The zero-order valence-electron chi connectivity index (χ0n) is 13.6. The van der Waals surface area contributed by atoms with Gasteiger partial charge in [0.05, 0.1) is 5.56 Å². The van der Waals surface area contributed by atoms with E-state index in [4.69, 9.17) is 0 Å². The van der Waals surface area contributed by atoms with E-state index in [0.29, 0.717) is 5.92 Å². The molecule has 3 rings (SSSR count). The SMILES string of the molecule is CSc1ccccc1C(=O)N1CCCCC(c2ccccc2)C1. The van der Waals surface area contributed by atoms with Gasteiger partial charge in [-0.25, -0.2) is 0 Å².